The van der Waals surface area contributed by atoms with Crippen molar-refractivity contribution in [3.8, 4) is 11.3 Å². The standard InChI is InChI=1S/C19H20F2N6O.C2HF3O2/c1-10-4-15(26-18(24-10)19(3,20)21)14-9-27(12-6-22-7-12)16-8-23-17(5-13(14)16)25-11(2)28;3-2(4,5)1(6)7/h4-5,8-9,12,22H,6-7H2,1-3H3,(H,23,25,28);(H,6,7). The van der Waals surface area contributed by atoms with Crippen molar-refractivity contribution in [2.45, 2.75) is 38.9 Å². The predicted molar refractivity (Wildman–Crippen MR) is 115 cm³/mol. The number of alkyl halides is 5. The molecule has 188 valence electrons. The molecule has 0 unspecified atom stereocenters. The molecule has 3 aromatic heterocycles. The summed E-state index contributed by atoms with van der Waals surface area (Å²) < 4.78 is 61.5. The number of hydrogen-bond donors (Lipinski definition) is 3. The molecule has 1 fully saturated rings. The van der Waals surface area contributed by atoms with Gasteiger partial charge in [-0.25, -0.2) is 19.7 Å². The van der Waals surface area contributed by atoms with E-state index < -0.39 is 23.9 Å². The van der Waals surface area contributed by atoms with Crippen LogP contribution < -0.4 is 10.6 Å². The number of fused-ring (bicyclic) bond motifs is 1. The molecule has 3 aromatic rings. The fraction of sp³-hybridized carbons (Fsp3) is 0.381. The third-order valence-corrected chi connectivity index (χ3v) is 4.94. The molecule has 0 spiro atoms. The van der Waals surface area contributed by atoms with E-state index in [-0.39, 0.29) is 11.9 Å². The first kappa shape index (κ1) is 25.9. The summed E-state index contributed by atoms with van der Waals surface area (Å²) in [5, 5.41) is 13.8. The molecule has 0 aliphatic carbocycles. The molecule has 0 aromatic carbocycles. The van der Waals surface area contributed by atoms with Gasteiger partial charge in [0.1, 0.15) is 5.82 Å². The Bertz CT molecular complexity index is 1260. The number of carbonyl (C=O) groups excluding carboxylic acids is 1. The number of carbonyl (C=O) groups is 2. The second-order valence-electron chi connectivity index (χ2n) is 7.94. The SMILES string of the molecule is CC(=O)Nc1cc2c(-c3cc(C)nc(C(C)(F)F)n3)cn(C3CNC3)c2cn1.O=C(O)C(F)(F)F. The molecule has 1 aliphatic heterocycles. The van der Waals surface area contributed by atoms with E-state index in [1.165, 1.54) is 6.92 Å². The molecule has 14 heteroatoms. The predicted octanol–water partition coefficient (Wildman–Crippen LogP) is 3.65. The van der Waals surface area contributed by atoms with Crippen LogP contribution in [-0.4, -0.2) is 55.8 Å². The molecular weight excluding hydrogens is 479 g/mol. The Kier molecular flexibility index (Phi) is 7.06. The number of carboxylic acids is 1. The monoisotopic (exact) mass is 500 g/mol. The molecule has 1 aliphatic rings. The van der Waals surface area contributed by atoms with Crippen molar-refractivity contribution in [2.75, 3.05) is 18.4 Å². The van der Waals surface area contributed by atoms with Crippen LogP contribution in [0.1, 0.15) is 31.4 Å². The summed E-state index contributed by atoms with van der Waals surface area (Å²) in [6, 6.07) is 3.68. The molecule has 1 saturated heterocycles. The highest BCUT2D eigenvalue weighted by molar-refractivity contribution is 5.98. The van der Waals surface area contributed by atoms with E-state index in [0.29, 0.717) is 22.8 Å². The maximum atomic E-state index is 13.9. The zero-order valence-corrected chi connectivity index (χ0v) is 18.7. The van der Waals surface area contributed by atoms with E-state index in [2.05, 4.69) is 30.2 Å². The highest BCUT2D eigenvalue weighted by atomic mass is 19.4. The van der Waals surface area contributed by atoms with E-state index in [0.717, 1.165) is 30.9 Å². The summed E-state index contributed by atoms with van der Waals surface area (Å²) in [6.45, 7) is 5.49. The molecule has 0 radical (unpaired) electrons. The quantitative estimate of drug-likeness (QED) is 0.468. The number of hydrogen-bond acceptors (Lipinski definition) is 6. The number of aryl methyl sites for hydroxylation is 1. The average Bonchev–Trinajstić information content (AvgIpc) is 3.03. The van der Waals surface area contributed by atoms with Gasteiger partial charge in [0.2, 0.25) is 5.91 Å². The lowest BCUT2D eigenvalue weighted by atomic mass is 10.1. The van der Waals surface area contributed by atoms with Crippen LogP contribution in [0.25, 0.3) is 22.2 Å². The number of anilines is 1. The van der Waals surface area contributed by atoms with Crippen LogP contribution in [0.3, 0.4) is 0 Å². The molecule has 0 atom stereocenters. The molecule has 9 nitrogen and oxygen atoms in total. The van der Waals surface area contributed by atoms with Crippen LogP contribution >= 0.6 is 0 Å². The number of nitrogens with zero attached hydrogens (tertiary/aromatic N) is 4. The van der Waals surface area contributed by atoms with Gasteiger partial charge in [-0.2, -0.15) is 22.0 Å². The van der Waals surface area contributed by atoms with Gasteiger partial charge in [0.15, 0.2) is 5.82 Å². The summed E-state index contributed by atoms with van der Waals surface area (Å²) in [4.78, 5) is 32.6. The zero-order valence-electron chi connectivity index (χ0n) is 18.7. The molecule has 1 amide bonds. The van der Waals surface area contributed by atoms with E-state index in [9.17, 15) is 26.7 Å². The van der Waals surface area contributed by atoms with E-state index in [4.69, 9.17) is 9.90 Å². The first-order chi connectivity index (χ1) is 16.2. The zero-order chi connectivity index (χ0) is 26.1. The first-order valence-corrected chi connectivity index (χ1v) is 10.2. The molecule has 3 N–H and O–H groups in total. The van der Waals surface area contributed by atoms with Gasteiger partial charge in [-0.15, -0.1) is 0 Å². The van der Waals surface area contributed by atoms with Gasteiger partial charge in [-0.3, -0.25) is 4.79 Å². The number of carboxylic acid groups (broad SMARTS) is 1. The maximum absolute atomic E-state index is 13.9. The summed E-state index contributed by atoms with van der Waals surface area (Å²) >= 11 is 0. The lowest BCUT2D eigenvalue weighted by Crippen LogP contribution is -2.43. The van der Waals surface area contributed by atoms with Gasteiger partial charge in [-0.1, -0.05) is 0 Å². The van der Waals surface area contributed by atoms with E-state index in [1.54, 1.807) is 25.3 Å². The fourth-order valence-corrected chi connectivity index (χ4v) is 3.28. The molecular formula is C21H21F5N6O3. The molecule has 0 bridgehead atoms. The van der Waals surface area contributed by atoms with Crippen LogP contribution in [-0.2, 0) is 15.5 Å². The van der Waals surface area contributed by atoms with Crippen LogP contribution in [0.5, 0.6) is 0 Å². The number of pyridine rings is 1. The summed E-state index contributed by atoms with van der Waals surface area (Å²) in [6.07, 6.45) is -1.49. The number of aromatic nitrogens is 4. The molecule has 4 heterocycles. The summed E-state index contributed by atoms with van der Waals surface area (Å²) in [5.41, 5.74) is 2.44. The molecule has 4 rings (SSSR count). The van der Waals surface area contributed by atoms with E-state index in [1.807, 2.05) is 6.20 Å². The molecule has 35 heavy (non-hydrogen) atoms. The minimum atomic E-state index is -5.08. The Morgan fingerprint density at radius 2 is 1.80 bits per heavy atom. The Hall–Kier alpha value is -3.68. The fourth-order valence-electron chi connectivity index (χ4n) is 3.28. The van der Waals surface area contributed by atoms with Crippen molar-refractivity contribution in [1.82, 2.24) is 24.8 Å². The Labute approximate surface area is 195 Å². The number of halogens is 5. The van der Waals surface area contributed by atoms with Gasteiger partial charge in [-0.05, 0) is 19.1 Å². The summed E-state index contributed by atoms with van der Waals surface area (Å²) in [7, 11) is 0. The number of amides is 1. The van der Waals surface area contributed by atoms with Crippen molar-refractivity contribution < 1.29 is 36.6 Å². The summed E-state index contributed by atoms with van der Waals surface area (Å²) in [5.74, 6) is -6.24. The third kappa shape index (κ3) is 6.07. The average molecular weight is 500 g/mol. The Morgan fingerprint density at radius 1 is 1.17 bits per heavy atom. The minimum absolute atomic E-state index is 0.234. The first-order valence-electron chi connectivity index (χ1n) is 10.2. The Balaban J connectivity index is 0.000000429. The van der Waals surface area contributed by atoms with Crippen LogP contribution in [0, 0.1) is 6.92 Å². The topological polar surface area (TPSA) is 122 Å². The van der Waals surface area contributed by atoms with Gasteiger partial charge in [0.05, 0.1) is 23.4 Å². The van der Waals surface area contributed by atoms with Crippen molar-refractivity contribution in [3.05, 3.63) is 36.0 Å². The number of nitrogens with one attached hydrogen (secondary N) is 2. The van der Waals surface area contributed by atoms with Gasteiger partial charge in [0.25, 0.3) is 0 Å². The van der Waals surface area contributed by atoms with Crippen LogP contribution in [0.2, 0.25) is 0 Å². The van der Waals surface area contributed by atoms with Crippen molar-refractivity contribution >= 4 is 28.6 Å². The van der Waals surface area contributed by atoms with Crippen LogP contribution in [0.15, 0.2) is 24.5 Å². The smallest absolute Gasteiger partial charge is 0.475 e. The third-order valence-electron chi connectivity index (χ3n) is 4.94. The second kappa shape index (κ2) is 9.52. The van der Waals surface area contributed by atoms with Crippen molar-refractivity contribution in [3.63, 3.8) is 0 Å². The maximum Gasteiger partial charge on any atom is 0.490 e. The lowest BCUT2D eigenvalue weighted by molar-refractivity contribution is -0.192. The van der Waals surface area contributed by atoms with Crippen molar-refractivity contribution in [1.29, 1.82) is 0 Å². The number of rotatable bonds is 4. The highest BCUT2D eigenvalue weighted by Crippen LogP contribution is 2.35. The normalized spacial score (nSPS) is 14.2. The van der Waals surface area contributed by atoms with E-state index >= 15 is 0 Å². The van der Waals surface area contributed by atoms with Gasteiger partial charge in [0, 0.05) is 49.8 Å². The minimum Gasteiger partial charge on any atom is -0.475 e. The number of aliphatic carboxylic acids is 1. The van der Waals surface area contributed by atoms with Gasteiger partial charge < -0.3 is 20.3 Å². The Morgan fingerprint density at radius 3 is 2.29 bits per heavy atom. The van der Waals surface area contributed by atoms with Crippen molar-refractivity contribution in [2.24, 2.45) is 0 Å². The molecule has 0 saturated carbocycles. The largest absolute Gasteiger partial charge is 0.490 e. The van der Waals surface area contributed by atoms with Gasteiger partial charge >= 0.3 is 18.1 Å². The van der Waals surface area contributed by atoms with Crippen LogP contribution in [0.4, 0.5) is 27.8 Å². The second-order valence-corrected chi connectivity index (χ2v) is 7.94. The highest BCUT2D eigenvalue weighted by Gasteiger charge is 2.38. The lowest BCUT2D eigenvalue weighted by Gasteiger charge is -2.29.